The molecule has 2 N–H and O–H groups in total. The lowest BCUT2D eigenvalue weighted by molar-refractivity contribution is 0.0994. The first-order valence-corrected chi connectivity index (χ1v) is 11.5. The summed E-state index contributed by atoms with van der Waals surface area (Å²) in [6, 6.07) is 12.5. The first-order valence-electron chi connectivity index (χ1n) is 11.5. The van der Waals surface area contributed by atoms with Crippen LogP contribution in [0.5, 0.6) is 0 Å². The summed E-state index contributed by atoms with van der Waals surface area (Å²) in [7, 11) is 3.70. The number of amides is 1. The van der Waals surface area contributed by atoms with Crippen LogP contribution in [0.3, 0.4) is 0 Å². The van der Waals surface area contributed by atoms with Gasteiger partial charge in [-0.1, -0.05) is 24.3 Å². The predicted octanol–water partition coefficient (Wildman–Crippen LogP) is 3.85. The summed E-state index contributed by atoms with van der Waals surface area (Å²) in [5.41, 5.74) is 2.95. The third kappa shape index (κ3) is 3.45. The molecule has 34 heavy (non-hydrogen) atoms. The molecule has 0 radical (unpaired) electrons. The van der Waals surface area contributed by atoms with Gasteiger partial charge in [-0.3, -0.25) is 9.48 Å². The van der Waals surface area contributed by atoms with Crippen LogP contribution in [0.2, 0.25) is 0 Å². The van der Waals surface area contributed by atoms with Crippen LogP contribution in [-0.2, 0) is 0 Å². The Morgan fingerprint density at radius 2 is 1.76 bits per heavy atom. The minimum absolute atomic E-state index is 0.0843. The number of nitrogens with one attached hydrogen (secondary N) is 2. The number of nitrogens with zero attached hydrogens (tertiary/aromatic N) is 6. The van der Waals surface area contributed by atoms with Gasteiger partial charge in [-0.15, -0.1) is 0 Å². The van der Waals surface area contributed by atoms with E-state index in [1.807, 2.05) is 53.2 Å². The molecule has 2 aromatic carbocycles. The minimum Gasteiger partial charge on any atom is -0.327 e. The van der Waals surface area contributed by atoms with Crippen molar-refractivity contribution in [1.29, 1.82) is 0 Å². The fraction of sp³-hybridized carbons (Fsp3) is 0.280. The molecule has 9 nitrogen and oxygen atoms in total. The minimum atomic E-state index is -0.0843. The van der Waals surface area contributed by atoms with E-state index in [0.29, 0.717) is 29.1 Å². The average molecular weight is 455 g/mol. The highest BCUT2D eigenvalue weighted by Crippen LogP contribution is 2.39. The molecule has 0 saturated carbocycles. The van der Waals surface area contributed by atoms with Crippen molar-refractivity contribution in [3.63, 3.8) is 0 Å². The number of benzene rings is 2. The molecule has 172 valence electrons. The maximum Gasteiger partial charge on any atom is 0.260 e. The van der Waals surface area contributed by atoms with Crippen LogP contribution in [0.15, 0.2) is 55.0 Å². The van der Waals surface area contributed by atoms with Gasteiger partial charge in [0, 0.05) is 20.3 Å². The lowest BCUT2D eigenvalue weighted by Gasteiger charge is -2.22. The largest absolute Gasteiger partial charge is 0.327 e. The van der Waals surface area contributed by atoms with E-state index in [2.05, 4.69) is 26.8 Å². The molecule has 2 aliphatic heterocycles. The third-order valence-electron chi connectivity index (χ3n) is 6.73. The third-order valence-corrected chi connectivity index (χ3v) is 6.73. The molecule has 0 bridgehead atoms. The van der Waals surface area contributed by atoms with E-state index in [0.717, 1.165) is 48.1 Å². The Labute approximate surface area is 197 Å². The molecule has 4 heterocycles. The number of carbonyl (C=O) groups is 1. The van der Waals surface area contributed by atoms with E-state index in [4.69, 9.17) is 4.98 Å². The van der Waals surface area contributed by atoms with Gasteiger partial charge >= 0.3 is 0 Å². The van der Waals surface area contributed by atoms with Gasteiger partial charge in [0.2, 0.25) is 5.95 Å². The van der Waals surface area contributed by atoms with Crippen LogP contribution in [-0.4, -0.2) is 52.8 Å². The van der Waals surface area contributed by atoms with Crippen LogP contribution >= 0.6 is 0 Å². The number of rotatable bonds is 3. The van der Waals surface area contributed by atoms with E-state index >= 15 is 0 Å². The maximum atomic E-state index is 13.3. The summed E-state index contributed by atoms with van der Waals surface area (Å²) in [6.07, 6.45) is 7.64. The van der Waals surface area contributed by atoms with Crippen LogP contribution in [0.1, 0.15) is 29.2 Å². The van der Waals surface area contributed by atoms with Gasteiger partial charge in [0.15, 0.2) is 5.82 Å². The van der Waals surface area contributed by atoms with Crippen molar-refractivity contribution >= 4 is 45.5 Å². The van der Waals surface area contributed by atoms with Crippen molar-refractivity contribution in [2.75, 3.05) is 42.3 Å². The molecule has 4 aromatic rings. The van der Waals surface area contributed by atoms with Gasteiger partial charge in [-0.05, 0) is 48.8 Å². The van der Waals surface area contributed by atoms with Crippen molar-refractivity contribution in [3.8, 4) is 0 Å². The molecule has 9 heteroatoms. The highest BCUT2D eigenvalue weighted by atomic mass is 16.2. The number of hydrogen-bond donors (Lipinski definition) is 2. The second kappa shape index (κ2) is 8.11. The van der Waals surface area contributed by atoms with Gasteiger partial charge in [-0.25, -0.2) is 4.98 Å². The van der Waals surface area contributed by atoms with Crippen molar-refractivity contribution in [2.24, 2.45) is 0 Å². The molecule has 6 rings (SSSR count). The molecule has 0 aliphatic carbocycles. The molecule has 2 aromatic heterocycles. The van der Waals surface area contributed by atoms with E-state index in [1.165, 1.54) is 0 Å². The number of anilines is 5. The molecule has 0 spiro atoms. The van der Waals surface area contributed by atoms with Crippen LogP contribution in [0, 0.1) is 0 Å². The molecule has 0 atom stereocenters. The highest BCUT2D eigenvalue weighted by Gasteiger charge is 2.29. The predicted molar refractivity (Wildman–Crippen MR) is 133 cm³/mol. The maximum absolute atomic E-state index is 13.3. The fourth-order valence-corrected chi connectivity index (χ4v) is 4.79. The van der Waals surface area contributed by atoms with E-state index in [1.54, 1.807) is 24.3 Å². The van der Waals surface area contributed by atoms with Gasteiger partial charge in [0.05, 0.1) is 35.4 Å². The molecular formula is C25H26N8O. The van der Waals surface area contributed by atoms with E-state index < -0.39 is 0 Å². The number of aromatic nitrogens is 4. The number of fused-ring (bicyclic) bond motifs is 3. The second-order valence-corrected chi connectivity index (χ2v) is 8.86. The van der Waals surface area contributed by atoms with Crippen molar-refractivity contribution < 1.29 is 4.79 Å². The standard InChI is InChI=1S/C25H26N8O/c1-31-21-12-17-6-4-3-5-16(17)11-20(21)24(34)32(2)22-14-27-25(30-23(22)31)29-18-13-28-33(15-18)19-7-9-26-10-8-19/h3-6,11-15,19,26H,7-10H2,1-2H3,(H,27,29,30). The first kappa shape index (κ1) is 20.6. The smallest absolute Gasteiger partial charge is 0.260 e. The molecule has 1 amide bonds. The highest BCUT2D eigenvalue weighted by molar-refractivity contribution is 6.15. The van der Waals surface area contributed by atoms with Crippen LogP contribution in [0.4, 0.5) is 28.8 Å². The van der Waals surface area contributed by atoms with Gasteiger partial charge < -0.3 is 20.4 Å². The summed E-state index contributed by atoms with van der Waals surface area (Å²) >= 11 is 0. The number of hydrogen-bond acceptors (Lipinski definition) is 7. The molecular weight excluding hydrogens is 428 g/mol. The molecule has 2 aliphatic rings. The summed E-state index contributed by atoms with van der Waals surface area (Å²) in [5, 5.41) is 13.3. The van der Waals surface area contributed by atoms with Crippen molar-refractivity contribution in [2.45, 2.75) is 18.9 Å². The Balaban J connectivity index is 1.35. The summed E-state index contributed by atoms with van der Waals surface area (Å²) in [6.45, 7) is 2.02. The zero-order valence-corrected chi connectivity index (χ0v) is 19.2. The fourth-order valence-electron chi connectivity index (χ4n) is 4.79. The average Bonchev–Trinajstić information content (AvgIpc) is 3.33. The second-order valence-electron chi connectivity index (χ2n) is 8.86. The van der Waals surface area contributed by atoms with Gasteiger partial charge in [-0.2, -0.15) is 10.1 Å². The summed E-state index contributed by atoms with van der Waals surface area (Å²) in [5.74, 6) is 1.03. The zero-order valence-electron chi connectivity index (χ0n) is 19.2. The quantitative estimate of drug-likeness (QED) is 0.486. The van der Waals surface area contributed by atoms with Gasteiger partial charge in [0.25, 0.3) is 5.91 Å². The SMILES string of the molecule is CN1C(=O)c2cc3ccccc3cc2N(C)c2nc(Nc3cnn(C4CCNCC4)c3)ncc21. The molecule has 1 saturated heterocycles. The topological polar surface area (TPSA) is 91.2 Å². The normalized spacial score (nSPS) is 16.4. The van der Waals surface area contributed by atoms with E-state index in [-0.39, 0.29) is 5.91 Å². The van der Waals surface area contributed by atoms with Crippen molar-refractivity contribution in [3.05, 3.63) is 60.6 Å². The first-order chi connectivity index (χ1) is 16.6. The molecule has 1 fully saturated rings. The summed E-state index contributed by atoms with van der Waals surface area (Å²) < 4.78 is 2.02. The lowest BCUT2D eigenvalue weighted by atomic mass is 10.0. The van der Waals surface area contributed by atoms with Gasteiger partial charge in [0.1, 0.15) is 5.69 Å². The monoisotopic (exact) mass is 454 g/mol. The van der Waals surface area contributed by atoms with Crippen LogP contribution in [0.25, 0.3) is 10.8 Å². The Bertz CT molecular complexity index is 1390. The Morgan fingerprint density at radius 1 is 1.00 bits per heavy atom. The number of carbonyl (C=O) groups excluding carboxylic acids is 1. The van der Waals surface area contributed by atoms with Crippen LogP contribution < -0.4 is 20.4 Å². The Morgan fingerprint density at radius 3 is 2.56 bits per heavy atom. The Hall–Kier alpha value is -3.98. The summed E-state index contributed by atoms with van der Waals surface area (Å²) in [4.78, 5) is 26.2. The molecule has 0 unspecified atom stereocenters. The van der Waals surface area contributed by atoms with Crippen molar-refractivity contribution in [1.82, 2.24) is 25.1 Å². The van der Waals surface area contributed by atoms with E-state index in [9.17, 15) is 4.79 Å². The number of piperidine rings is 1. The Kier molecular flexibility index (Phi) is 4.91. The zero-order chi connectivity index (χ0) is 23.2. The lowest BCUT2D eigenvalue weighted by Crippen LogP contribution is -2.29.